The Balaban J connectivity index is 2.78. The first-order valence-electron chi connectivity index (χ1n) is 6.26. The van der Waals surface area contributed by atoms with Crippen LogP contribution >= 0.6 is 0 Å². The second-order valence-corrected chi connectivity index (χ2v) is 4.33. The molecule has 0 aliphatic carbocycles. The quantitative estimate of drug-likeness (QED) is 0.736. The smallest absolute Gasteiger partial charge is 0.130 e. The predicted molar refractivity (Wildman–Crippen MR) is 69.1 cm³/mol. The van der Waals surface area contributed by atoms with E-state index in [-0.39, 0.29) is 0 Å². The Morgan fingerprint density at radius 3 is 2.76 bits per heavy atom. The molecule has 0 amide bonds. The van der Waals surface area contributed by atoms with Crippen LogP contribution in [0.4, 0.5) is 0 Å². The fourth-order valence-electron chi connectivity index (χ4n) is 1.71. The third-order valence-corrected chi connectivity index (χ3v) is 2.54. The molecule has 0 atom stereocenters. The molecule has 0 spiro atoms. The normalized spacial score (nSPS) is 11.1. The number of hydrogen-bond acceptors (Lipinski definition) is 4. The minimum atomic E-state index is 0.423. The highest BCUT2D eigenvalue weighted by atomic mass is 16.5. The van der Waals surface area contributed by atoms with Crippen molar-refractivity contribution in [1.29, 1.82) is 0 Å². The van der Waals surface area contributed by atoms with Gasteiger partial charge in [-0.2, -0.15) is 0 Å². The summed E-state index contributed by atoms with van der Waals surface area (Å²) in [6.45, 7) is 8.57. The van der Waals surface area contributed by atoms with Crippen molar-refractivity contribution < 1.29 is 4.74 Å². The highest BCUT2D eigenvalue weighted by Gasteiger charge is 2.10. The first-order valence-corrected chi connectivity index (χ1v) is 6.26. The molecule has 1 heterocycles. The lowest BCUT2D eigenvalue weighted by molar-refractivity contribution is 0.149. The highest BCUT2D eigenvalue weighted by molar-refractivity contribution is 5.20. The van der Waals surface area contributed by atoms with Gasteiger partial charge in [0.15, 0.2) is 0 Å². The Morgan fingerprint density at radius 1 is 1.41 bits per heavy atom. The van der Waals surface area contributed by atoms with Gasteiger partial charge in [-0.15, -0.1) is 0 Å². The zero-order chi connectivity index (χ0) is 12.7. The van der Waals surface area contributed by atoms with Crippen molar-refractivity contribution >= 4 is 0 Å². The Kier molecular flexibility index (Phi) is 6.08. The molecule has 0 saturated carbocycles. The monoisotopic (exact) mass is 237 g/mol. The molecule has 1 aromatic heterocycles. The zero-order valence-electron chi connectivity index (χ0n) is 11.3. The van der Waals surface area contributed by atoms with Gasteiger partial charge >= 0.3 is 0 Å². The van der Waals surface area contributed by atoms with E-state index in [1.54, 1.807) is 0 Å². The molecule has 0 aliphatic heterocycles. The van der Waals surface area contributed by atoms with E-state index in [1.807, 2.05) is 20.2 Å². The third kappa shape index (κ3) is 4.40. The van der Waals surface area contributed by atoms with Crippen molar-refractivity contribution in [3.63, 3.8) is 0 Å². The average molecular weight is 237 g/mol. The van der Waals surface area contributed by atoms with E-state index in [9.17, 15) is 0 Å². The van der Waals surface area contributed by atoms with Gasteiger partial charge in [0.1, 0.15) is 5.82 Å². The summed E-state index contributed by atoms with van der Waals surface area (Å²) in [5, 5.41) is 3.15. The minimum Gasteiger partial charge on any atom is -0.381 e. The van der Waals surface area contributed by atoms with Crippen molar-refractivity contribution in [2.24, 2.45) is 0 Å². The molecular weight excluding hydrogens is 214 g/mol. The zero-order valence-corrected chi connectivity index (χ0v) is 11.3. The molecule has 0 fully saturated rings. The fraction of sp³-hybridized carbons (Fsp3) is 0.692. The summed E-state index contributed by atoms with van der Waals surface area (Å²) in [4.78, 5) is 9.01. The maximum Gasteiger partial charge on any atom is 0.130 e. The van der Waals surface area contributed by atoms with Crippen LogP contribution in [-0.4, -0.2) is 30.2 Å². The number of nitrogens with zero attached hydrogens (tertiary/aromatic N) is 2. The van der Waals surface area contributed by atoms with E-state index < -0.39 is 0 Å². The van der Waals surface area contributed by atoms with Gasteiger partial charge in [0.25, 0.3) is 0 Å². The predicted octanol–water partition coefficient (Wildman–Crippen LogP) is 1.90. The number of ether oxygens (including phenoxy) is 1. The van der Waals surface area contributed by atoms with Crippen molar-refractivity contribution in [2.45, 2.75) is 39.7 Å². The summed E-state index contributed by atoms with van der Waals surface area (Å²) in [7, 11) is 1.94. The largest absolute Gasteiger partial charge is 0.381 e. The summed E-state index contributed by atoms with van der Waals surface area (Å²) in [6, 6.07) is 0. The van der Waals surface area contributed by atoms with Gasteiger partial charge in [-0.05, 0) is 19.9 Å². The SMILES string of the molecule is CCOCCc1ncc(CNC)c(C(C)C)n1. The topological polar surface area (TPSA) is 47.0 Å². The van der Waals surface area contributed by atoms with Gasteiger partial charge in [0.2, 0.25) is 0 Å². The van der Waals surface area contributed by atoms with Crippen LogP contribution < -0.4 is 5.32 Å². The standard InChI is InChI=1S/C13H23N3O/c1-5-17-7-6-12-15-9-11(8-14-4)13(16-12)10(2)3/h9-10,14H,5-8H2,1-4H3. The average Bonchev–Trinajstić information content (AvgIpc) is 2.31. The first-order chi connectivity index (χ1) is 8.19. The number of nitrogens with one attached hydrogen (secondary N) is 1. The first kappa shape index (κ1) is 14.1. The van der Waals surface area contributed by atoms with E-state index in [2.05, 4.69) is 29.1 Å². The molecule has 1 aromatic rings. The molecule has 0 saturated heterocycles. The van der Waals surface area contributed by atoms with Gasteiger partial charge in [0.05, 0.1) is 12.3 Å². The molecule has 17 heavy (non-hydrogen) atoms. The number of rotatable bonds is 7. The Labute approximate surface area is 104 Å². The summed E-state index contributed by atoms with van der Waals surface area (Å²) >= 11 is 0. The van der Waals surface area contributed by atoms with E-state index in [0.29, 0.717) is 12.5 Å². The Morgan fingerprint density at radius 2 is 2.18 bits per heavy atom. The molecule has 96 valence electrons. The molecular formula is C13H23N3O. The van der Waals surface area contributed by atoms with E-state index in [1.165, 1.54) is 5.56 Å². The summed E-state index contributed by atoms with van der Waals surface area (Å²) < 4.78 is 5.32. The van der Waals surface area contributed by atoms with Crippen molar-refractivity contribution in [3.8, 4) is 0 Å². The lowest BCUT2D eigenvalue weighted by Crippen LogP contribution is -2.13. The van der Waals surface area contributed by atoms with Crippen molar-refractivity contribution in [3.05, 3.63) is 23.3 Å². The lowest BCUT2D eigenvalue weighted by atomic mass is 10.1. The van der Waals surface area contributed by atoms with Gasteiger partial charge in [-0.25, -0.2) is 9.97 Å². The van der Waals surface area contributed by atoms with Crippen molar-refractivity contribution in [2.75, 3.05) is 20.3 Å². The van der Waals surface area contributed by atoms with Crippen LogP contribution in [0.1, 0.15) is 43.8 Å². The molecule has 1 N–H and O–H groups in total. The van der Waals surface area contributed by atoms with Crippen LogP contribution in [0, 0.1) is 0 Å². The summed E-state index contributed by atoms with van der Waals surface area (Å²) in [5.41, 5.74) is 2.32. The summed E-state index contributed by atoms with van der Waals surface area (Å²) in [6.07, 6.45) is 2.72. The van der Waals surface area contributed by atoms with Crippen LogP contribution in [-0.2, 0) is 17.7 Å². The number of aromatic nitrogens is 2. The van der Waals surface area contributed by atoms with Gasteiger partial charge in [-0.3, -0.25) is 0 Å². The molecule has 0 unspecified atom stereocenters. The van der Waals surface area contributed by atoms with E-state index >= 15 is 0 Å². The van der Waals surface area contributed by atoms with Crippen LogP contribution in [0.25, 0.3) is 0 Å². The van der Waals surface area contributed by atoms with E-state index in [0.717, 1.165) is 31.1 Å². The second-order valence-electron chi connectivity index (χ2n) is 4.33. The molecule has 0 aromatic carbocycles. The fourth-order valence-corrected chi connectivity index (χ4v) is 1.71. The number of hydrogen-bond donors (Lipinski definition) is 1. The van der Waals surface area contributed by atoms with Crippen molar-refractivity contribution in [1.82, 2.24) is 15.3 Å². The van der Waals surface area contributed by atoms with Crippen LogP contribution in [0.5, 0.6) is 0 Å². The van der Waals surface area contributed by atoms with Gasteiger partial charge in [-0.1, -0.05) is 13.8 Å². The molecule has 1 rings (SSSR count). The molecule has 4 nitrogen and oxygen atoms in total. The highest BCUT2D eigenvalue weighted by Crippen LogP contribution is 2.16. The molecule has 4 heteroatoms. The van der Waals surface area contributed by atoms with Gasteiger partial charge in [0, 0.05) is 31.3 Å². The minimum absolute atomic E-state index is 0.423. The van der Waals surface area contributed by atoms with Gasteiger partial charge < -0.3 is 10.1 Å². The molecule has 0 radical (unpaired) electrons. The van der Waals surface area contributed by atoms with Crippen LogP contribution in [0.15, 0.2) is 6.20 Å². The van der Waals surface area contributed by atoms with E-state index in [4.69, 9.17) is 4.74 Å². The summed E-state index contributed by atoms with van der Waals surface area (Å²) in [5.74, 6) is 1.30. The molecule has 0 bridgehead atoms. The lowest BCUT2D eigenvalue weighted by Gasteiger charge is -2.12. The molecule has 0 aliphatic rings. The second kappa shape index (κ2) is 7.35. The van der Waals surface area contributed by atoms with Crippen LogP contribution in [0.3, 0.4) is 0 Å². The maximum atomic E-state index is 5.32. The third-order valence-electron chi connectivity index (χ3n) is 2.54. The maximum absolute atomic E-state index is 5.32. The Hall–Kier alpha value is -1.00. The van der Waals surface area contributed by atoms with Crippen LogP contribution in [0.2, 0.25) is 0 Å². The Bertz CT molecular complexity index is 339.